The summed E-state index contributed by atoms with van der Waals surface area (Å²) in [5.41, 5.74) is 0.959. The first-order valence-electron chi connectivity index (χ1n) is 6.92. The third-order valence-corrected chi connectivity index (χ3v) is 3.67. The molecule has 4 nitrogen and oxygen atoms in total. The van der Waals surface area contributed by atoms with Gasteiger partial charge < -0.3 is 14.2 Å². The number of hydrogen-bond acceptors (Lipinski definition) is 2. The molecule has 7 heteroatoms. The van der Waals surface area contributed by atoms with E-state index in [0.29, 0.717) is 0 Å². The van der Waals surface area contributed by atoms with E-state index in [4.69, 9.17) is 4.74 Å². The lowest BCUT2D eigenvalue weighted by atomic mass is 10.1. The molecule has 118 valence electrons. The Hall–Kier alpha value is -2.02. The number of carbonyl (C=O) groups excluding carboxylic acids is 1. The predicted octanol–water partition coefficient (Wildman–Crippen LogP) is 2.43. The van der Waals surface area contributed by atoms with Crippen LogP contribution in [-0.2, 0) is 16.1 Å². The molecular formula is C15H15F3N2O2. The van der Waals surface area contributed by atoms with E-state index in [9.17, 15) is 18.0 Å². The highest BCUT2D eigenvalue weighted by molar-refractivity contribution is 5.83. The molecule has 1 fully saturated rings. The van der Waals surface area contributed by atoms with Gasteiger partial charge >= 0.3 is 6.18 Å². The van der Waals surface area contributed by atoms with Gasteiger partial charge in [-0.25, -0.2) is 0 Å². The van der Waals surface area contributed by atoms with Crippen molar-refractivity contribution in [3.63, 3.8) is 0 Å². The van der Waals surface area contributed by atoms with Gasteiger partial charge in [0.25, 0.3) is 0 Å². The lowest BCUT2D eigenvalue weighted by molar-refractivity contribution is -0.200. The van der Waals surface area contributed by atoms with Crippen molar-refractivity contribution in [2.45, 2.75) is 18.8 Å². The second-order valence-corrected chi connectivity index (χ2v) is 5.35. The van der Waals surface area contributed by atoms with Crippen LogP contribution >= 0.6 is 0 Å². The molecule has 0 aliphatic carbocycles. The van der Waals surface area contributed by atoms with Crippen molar-refractivity contribution >= 4 is 16.8 Å². The zero-order chi connectivity index (χ0) is 15.7. The highest BCUT2D eigenvalue weighted by atomic mass is 19.4. The van der Waals surface area contributed by atoms with Gasteiger partial charge in [-0.15, -0.1) is 0 Å². The smallest absolute Gasteiger partial charge is 0.365 e. The van der Waals surface area contributed by atoms with Crippen LogP contribution in [0.5, 0.6) is 0 Å². The van der Waals surface area contributed by atoms with Gasteiger partial charge in [0.15, 0.2) is 0 Å². The molecule has 2 heterocycles. The summed E-state index contributed by atoms with van der Waals surface area (Å²) in [5.74, 6) is -0.117. The number of para-hydroxylation sites is 1. The maximum Gasteiger partial charge on any atom is 0.411 e. The number of rotatable bonds is 4. The van der Waals surface area contributed by atoms with Crippen LogP contribution in [0.25, 0.3) is 10.9 Å². The lowest BCUT2D eigenvalue weighted by Crippen LogP contribution is -2.56. The second kappa shape index (κ2) is 5.64. The first-order valence-corrected chi connectivity index (χ1v) is 6.92. The van der Waals surface area contributed by atoms with E-state index in [1.165, 1.54) is 4.90 Å². The number of nitrogens with zero attached hydrogens (tertiary/aromatic N) is 2. The van der Waals surface area contributed by atoms with E-state index in [1.807, 2.05) is 41.1 Å². The van der Waals surface area contributed by atoms with Gasteiger partial charge in [0.2, 0.25) is 5.91 Å². The van der Waals surface area contributed by atoms with Crippen molar-refractivity contribution in [1.29, 1.82) is 0 Å². The molecule has 1 saturated heterocycles. The van der Waals surface area contributed by atoms with Crippen molar-refractivity contribution in [3.8, 4) is 0 Å². The molecule has 22 heavy (non-hydrogen) atoms. The average Bonchev–Trinajstić information content (AvgIpc) is 2.79. The normalized spacial score (nSPS) is 16.0. The van der Waals surface area contributed by atoms with Crippen molar-refractivity contribution in [1.82, 2.24) is 9.47 Å². The molecule has 2 aromatic rings. The fourth-order valence-electron chi connectivity index (χ4n) is 2.48. The standard InChI is InChI=1S/C15H15F3N2O2/c16-15(17,18)10-22-12-7-20(8-12)14(21)9-19-6-5-11-3-1-2-4-13(11)19/h1-6,12H,7-10H2. The van der Waals surface area contributed by atoms with Crippen molar-refractivity contribution in [3.05, 3.63) is 36.5 Å². The largest absolute Gasteiger partial charge is 0.411 e. The van der Waals surface area contributed by atoms with Crippen molar-refractivity contribution in [2.24, 2.45) is 0 Å². The lowest BCUT2D eigenvalue weighted by Gasteiger charge is -2.39. The molecule has 0 unspecified atom stereocenters. The Kier molecular flexibility index (Phi) is 3.82. The highest BCUT2D eigenvalue weighted by Crippen LogP contribution is 2.20. The number of ether oxygens (including phenoxy) is 1. The quantitative estimate of drug-likeness (QED) is 0.869. The molecule has 0 bridgehead atoms. The predicted molar refractivity (Wildman–Crippen MR) is 74.3 cm³/mol. The Labute approximate surface area is 125 Å². The van der Waals surface area contributed by atoms with Gasteiger partial charge in [-0.1, -0.05) is 18.2 Å². The summed E-state index contributed by atoms with van der Waals surface area (Å²) in [4.78, 5) is 13.6. The Balaban J connectivity index is 1.52. The van der Waals surface area contributed by atoms with Crippen LogP contribution in [0.1, 0.15) is 0 Å². The van der Waals surface area contributed by atoms with Gasteiger partial charge in [0, 0.05) is 24.8 Å². The Morgan fingerprint density at radius 2 is 1.95 bits per heavy atom. The number of halogens is 3. The fourth-order valence-corrected chi connectivity index (χ4v) is 2.48. The molecule has 1 aliphatic rings. The first-order chi connectivity index (χ1) is 10.4. The maximum atomic E-state index is 12.1. The molecule has 1 amide bonds. The van der Waals surface area contributed by atoms with Crippen LogP contribution in [0.15, 0.2) is 36.5 Å². The van der Waals surface area contributed by atoms with E-state index in [0.717, 1.165) is 10.9 Å². The number of carbonyl (C=O) groups is 1. The molecule has 3 rings (SSSR count). The van der Waals surface area contributed by atoms with Crippen molar-refractivity contribution < 1.29 is 22.7 Å². The van der Waals surface area contributed by atoms with Gasteiger partial charge in [0.05, 0.1) is 6.10 Å². The first kappa shape index (κ1) is 14.9. The highest BCUT2D eigenvalue weighted by Gasteiger charge is 2.35. The van der Waals surface area contributed by atoms with E-state index in [-0.39, 0.29) is 25.5 Å². The van der Waals surface area contributed by atoms with Crippen LogP contribution in [-0.4, -0.2) is 47.4 Å². The fraction of sp³-hybridized carbons (Fsp3) is 0.400. The summed E-state index contributed by atoms with van der Waals surface area (Å²) in [5, 5.41) is 1.05. The summed E-state index contributed by atoms with van der Waals surface area (Å²) in [6, 6.07) is 9.63. The van der Waals surface area contributed by atoms with Gasteiger partial charge in [0.1, 0.15) is 13.2 Å². The molecule has 0 atom stereocenters. The Morgan fingerprint density at radius 3 is 2.68 bits per heavy atom. The third kappa shape index (κ3) is 3.24. The van der Waals surface area contributed by atoms with Gasteiger partial charge in [-0.2, -0.15) is 13.2 Å². The minimum absolute atomic E-state index is 0.117. The van der Waals surface area contributed by atoms with E-state index in [1.54, 1.807) is 0 Å². The molecule has 0 radical (unpaired) electrons. The van der Waals surface area contributed by atoms with Crippen LogP contribution in [0, 0.1) is 0 Å². The zero-order valence-electron chi connectivity index (χ0n) is 11.7. The number of aromatic nitrogens is 1. The number of benzene rings is 1. The van der Waals surface area contributed by atoms with Gasteiger partial charge in [-0.05, 0) is 17.5 Å². The molecule has 0 saturated carbocycles. The Morgan fingerprint density at radius 1 is 1.23 bits per heavy atom. The second-order valence-electron chi connectivity index (χ2n) is 5.35. The number of alkyl halides is 3. The monoisotopic (exact) mass is 312 g/mol. The molecule has 1 aromatic heterocycles. The minimum Gasteiger partial charge on any atom is -0.365 e. The number of fused-ring (bicyclic) bond motifs is 1. The molecule has 0 spiro atoms. The molecule has 1 aromatic carbocycles. The number of amides is 1. The minimum atomic E-state index is -4.32. The summed E-state index contributed by atoms with van der Waals surface area (Å²) < 4.78 is 42.6. The van der Waals surface area contributed by atoms with Crippen LogP contribution in [0.3, 0.4) is 0 Å². The topological polar surface area (TPSA) is 34.5 Å². The SMILES string of the molecule is O=C(Cn1ccc2ccccc21)N1CC(OCC(F)(F)F)C1. The number of hydrogen-bond donors (Lipinski definition) is 0. The molecular weight excluding hydrogens is 297 g/mol. The summed E-state index contributed by atoms with van der Waals surface area (Å²) >= 11 is 0. The van der Waals surface area contributed by atoms with Crippen LogP contribution in [0.2, 0.25) is 0 Å². The summed E-state index contributed by atoms with van der Waals surface area (Å²) in [6.07, 6.45) is -3.01. The number of likely N-dealkylation sites (tertiary alicyclic amines) is 1. The summed E-state index contributed by atoms with van der Waals surface area (Å²) in [7, 11) is 0. The zero-order valence-corrected chi connectivity index (χ0v) is 11.7. The van der Waals surface area contributed by atoms with E-state index >= 15 is 0 Å². The van der Waals surface area contributed by atoms with Gasteiger partial charge in [-0.3, -0.25) is 4.79 Å². The molecule has 0 N–H and O–H groups in total. The van der Waals surface area contributed by atoms with E-state index in [2.05, 4.69) is 0 Å². The molecule has 1 aliphatic heterocycles. The summed E-state index contributed by atoms with van der Waals surface area (Å²) in [6.45, 7) is -0.649. The Bertz CT molecular complexity index is 675. The third-order valence-electron chi connectivity index (χ3n) is 3.67. The maximum absolute atomic E-state index is 12.1. The van der Waals surface area contributed by atoms with Crippen LogP contribution < -0.4 is 0 Å². The van der Waals surface area contributed by atoms with Crippen molar-refractivity contribution in [2.75, 3.05) is 19.7 Å². The average molecular weight is 312 g/mol. The van der Waals surface area contributed by atoms with Crippen LogP contribution in [0.4, 0.5) is 13.2 Å². The van der Waals surface area contributed by atoms with E-state index < -0.39 is 18.9 Å².